The molecule has 2 aliphatic rings. The fraction of sp³-hybridized carbons (Fsp3) is 0.909. The molecule has 2 heteroatoms. The number of piperidine rings is 1. The topological polar surface area (TPSA) is 29.1 Å². The number of rotatable bonds is 0. The highest BCUT2D eigenvalue weighted by Gasteiger charge is 2.40. The van der Waals surface area contributed by atoms with Gasteiger partial charge in [0, 0.05) is 13.0 Å². The van der Waals surface area contributed by atoms with Crippen LogP contribution in [0.25, 0.3) is 0 Å². The standard InChI is InChI=1S/C11H19NO/c1-9-4-2-3-6-11(9)7-5-10(13)12-8-11/h9H,2-8H2,1H3,(H,12,13). The van der Waals surface area contributed by atoms with Gasteiger partial charge in [-0.05, 0) is 24.2 Å². The van der Waals surface area contributed by atoms with E-state index < -0.39 is 0 Å². The van der Waals surface area contributed by atoms with Crippen molar-refractivity contribution < 1.29 is 4.79 Å². The quantitative estimate of drug-likeness (QED) is 0.609. The molecule has 1 saturated heterocycles. The van der Waals surface area contributed by atoms with Crippen LogP contribution in [0, 0.1) is 11.3 Å². The van der Waals surface area contributed by atoms with Gasteiger partial charge in [-0.3, -0.25) is 4.79 Å². The Morgan fingerprint density at radius 3 is 2.85 bits per heavy atom. The lowest BCUT2D eigenvalue weighted by molar-refractivity contribution is -0.125. The van der Waals surface area contributed by atoms with Crippen molar-refractivity contribution in [1.82, 2.24) is 5.32 Å². The first-order chi connectivity index (χ1) is 6.23. The third kappa shape index (κ3) is 1.59. The molecule has 2 rings (SSSR count). The Labute approximate surface area is 80.1 Å². The first kappa shape index (κ1) is 9.04. The predicted molar refractivity (Wildman–Crippen MR) is 52.3 cm³/mol. The highest BCUT2D eigenvalue weighted by molar-refractivity contribution is 5.76. The van der Waals surface area contributed by atoms with E-state index in [2.05, 4.69) is 12.2 Å². The van der Waals surface area contributed by atoms with Crippen LogP contribution in [0.2, 0.25) is 0 Å². The van der Waals surface area contributed by atoms with Crippen molar-refractivity contribution >= 4 is 5.91 Å². The SMILES string of the molecule is CC1CCCCC12CCC(=O)NC2. The molecule has 13 heavy (non-hydrogen) atoms. The number of hydrogen-bond donors (Lipinski definition) is 1. The van der Waals surface area contributed by atoms with E-state index in [0.717, 1.165) is 25.3 Å². The number of hydrogen-bond acceptors (Lipinski definition) is 1. The van der Waals surface area contributed by atoms with Crippen LogP contribution in [0.15, 0.2) is 0 Å². The van der Waals surface area contributed by atoms with Crippen molar-refractivity contribution in [2.45, 2.75) is 45.4 Å². The van der Waals surface area contributed by atoms with Crippen LogP contribution >= 0.6 is 0 Å². The van der Waals surface area contributed by atoms with Gasteiger partial charge in [0.1, 0.15) is 0 Å². The van der Waals surface area contributed by atoms with Crippen LogP contribution < -0.4 is 5.32 Å². The zero-order chi connectivity index (χ0) is 9.31. The molecule has 0 aromatic heterocycles. The van der Waals surface area contributed by atoms with Crippen molar-refractivity contribution in [2.24, 2.45) is 11.3 Å². The zero-order valence-corrected chi connectivity index (χ0v) is 8.44. The normalized spacial score (nSPS) is 40.4. The van der Waals surface area contributed by atoms with Crippen molar-refractivity contribution in [3.8, 4) is 0 Å². The van der Waals surface area contributed by atoms with Crippen LogP contribution in [-0.4, -0.2) is 12.5 Å². The van der Waals surface area contributed by atoms with E-state index in [1.165, 1.54) is 25.7 Å². The molecule has 2 fully saturated rings. The summed E-state index contributed by atoms with van der Waals surface area (Å²) in [4.78, 5) is 11.1. The highest BCUT2D eigenvalue weighted by Crippen LogP contribution is 2.45. The monoisotopic (exact) mass is 181 g/mol. The van der Waals surface area contributed by atoms with Crippen LogP contribution in [-0.2, 0) is 4.79 Å². The molecule has 0 aromatic rings. The molecule has 0 aromatic carbocycles. The van der Waals surface area contributed by atoms with E-state index in [0.29, 0.717) is 5.41 Å². The largest absolute Gasteiger partial charge is 0.356 e. The second-order valence-corrected chi connectivity index (χ2v) is 4.79. The predicted octanol–water partition coefficient (Wildman–Crippen LogP) is 2.09. The Hall–Kier alpha value is -0.530. The maximum Gasteiger partial charge on any atom is 0.220 e. The van der Waals surface area contributed by atoms with Crippen LogP contribution in [0.3, 0.4) is 0 Å². The molecule has 2 unspecified atom stereocenters. The van der Waals surface area contributed by atoms with Gasteiger partial charge in [0.25, 0.3) is 0 Å². The number of nitrogens with one attached hydrogen (secondary N) is 1. The van der Waals surface area contributed by atoms with E-state index in [-0.39, 0.29) is 5.91 Å². The molecular weight excluding hydrogens is 162 g/mol. The Kier molecular flexibility index (Phi) is 2.31. The molecule has 1 amide bonds. The fourth-order valence-electron chi connectivity index (χ4n) is 2.93. The third-order valence-corrected chi connectivity index (χ3v) is 4.09. The summed E-state index contributed by atoms with van der Waals surface area (Å²) < 4.78 is 0. The maximum atomic E-state index is 11.1. The van der Waals surface area contributed by atoms with Gasteiger partial charge in [0.05, 0.1) is 0 Å². The van der Waals surface area contributed by atoms with Crippen molar-refractivity contribution in [2.75, 3.05) is 6.54 Å². The Balaban J connectivity index is 2.05. The van der Waals surface area contributed by atoms with E-state index in [1.54, 1.807) is 0 Å². The molecule has 2 nitrogen and oxygen atoms in total. The van der Waals surface area contributed by atoms with Crippen molar-refractivity contribution in [3.05, 3.63) is 0 Å². The lowest BCUT2D eigenvalue weighted by atomic mass is 9.63. The lowest BCUT2D eigenvalue weighted by Gasteiger charge is -2.45. The zero-order valence-electron chi connectivity index (χ0n) is 8.44. The van der Waals surface area contributed by atoms with Gasteiger partial charge in [0.2, 0.25) is 5.91 Å². The molecule has 1 heterocycles. The first-order valence-electron chi connectivity index (χ1n) is 5.50. The van der Waals surface area contributed by atoms with Gasteiger partial charge in [-0.15, -0.1) is 0 Å². The van der Waals surface area contributed by atoms with Gasteiger partial charge < -0.3 is 5.32 Å². The van der Waals surface area contributed by atoms with Crippen LogP contribution in [0.1, 0.15) is 45.4 Å². The van der Waals surface area contributed by atoms with E-state index in [4.69, 9.17) is 0 Å². The molecule has 1 aliphatic heterocycles. The molecule has 0 radical (unpaired) electrons. The van der Waals surface area contributed by atoms with Gasteiger partial charge >= 0.3 is 0 Å². The summed E-state index contributed by atoms with van der Waals surface area (Å²) in [6.45, 7) is 3.30. The average Bonchev–Trinajstić information content (AvgIpc) is 2.15. The van der Waals surface area contributed by atoms with Gasteiger partial charge in [-0.25, -0.2) is 0 Å². The molecule has 0 bridgehead atoms. The minimum absolute atomic E-state index is 0.253. The van der Waals surface area contributed by atoms with Crippen LogP contribution in [0.4, 0.5) is 0 Å². The molecular formula is C11H19NO. The summed E-state index contributed by atoms with van der Waals surface area (Å²) in [5.41, 5.74) is 0.464. The minimum Gasteiger partial charge on any atom is -0.356 e. The summed E-state index contributed by atoms with van der Waals surface area (Å²) in [7, 11) is 0. The molecule has 1 spiro atoms. The van der Waals surface area contributed by atoms with Gasteiger partial charge in [-0.1, -0.05) is 26.2 Å². The number of carbonyl (C=O) groups is 1. The van der Waals surface area contributed by atoms with E-state index in [1.807, 2.05) is 0 Å². The van der Waals surface area contributed by atoms with Crippen molar-refractivity contribution in [3.63, 3.8) is 0 Å². The first-order valence-corrected chi connectivity index (χ1v) is 5.50. The number of amides is 1. The van der Waals surface area contributed by atoms with Crippen LogP contribution in [0.5, 0.6) is 0 Å². The highest BCUT2D eigenvalue weighted by atomic mass is 16.1. The molecule has 1 N–H and O–H groups in total. The Bertz CT molecular complexity index is 202. The summed E-state index contributed by atoms with van der Waals surface area (Å²) in [5, 5.41) is 3.03. The molecule has 74 valence electrons. The third-order valence-electron chi connectivity index (χ3n) is 4.09. The maximum absolute atomic E-state index is 11.1. The average molecular weight is 181 g/mol. The summed E-state index contributed by atoms with van der Waals surface area (Å²) >= 11 is 0. The summed E-state index contributed by atoms with van der Waals surface area (Å²) in [6.07, 6.45) is 7.31. The van der Waals surface area contributed by atoms with Crippen molar-refractivity contribution in [1.29, 1.82) is 0 Å². The summed E-state index contributed by atoms with van der Waals surface area (Å²) in [6, 6.07) is 0. The fourth-order valence-corrected chi connectivity index (χ4v) is 2.93. The Morgan fingerprint density at radius 1 is 1.38 bits per heavy atom. The molecule has 2 atom stereocenters. The van der Waals surface area contributed by atoms with E-state index >= 15 is 0 Å². The lowest BCUT2D eigenvalue weighted by Crippen LogP contribution is -2.47. The summed E-state index contributed by atoms with van der Waals surface area (Å²) in [5.74, 6) is 1.06. The van der Waals surface area contributed by atoms with E-state index in [9.17, 15) is 4.79 Å². The Morgan fingerprint density at radius 2 is 2.23 bits per heavy atom. The van der Waals surface area contributed by atoms with Gasteiger partial charge in [-0.2, -0.15) is 0 Å². The molecule has 1 aliphatic carbocycles. The van der Waals surface area contributed by atoms with Gasteiger partial charge in [0.15, 0.2) is 0 Å². The minimum atomic E-state index is 0.253. The smallest absolute Gasteiger partial charge is 0.220 e. The second kappa shape index (κ2) is 3.32. The molecule has 1 saturated carbocycles. The second-order valence-electron chi connectivity index (χ2n) is 4.79. The number of carbonyl (C=O) groups excluding carboxylic acids is 1.